The third-order valence-corrected chi connectivity index (χ3v) is 6.30. The zero-order valence-corrected chi connectivity index (χ0v) is 16.8. The molecular weight excluding hydrogens is 356 g/mol. The molecule has 0 spiro atoms. The van der Waals surface area contributed by atoms with Gasteiger partial charge in [-0.3, -0.25) is 4.79 Å². The van der Waals surface area contributed by atoms with Gasteiger partial charge in [0.1, 0.15) is 0 Å². The van der Waals surface area contributed by atoms with Crippen molar-refractivity contribution in [1.29, 1.82) is 0 Å². The molecule has 0 aliphatic heterocycles. The second-order valence-electron chi connectivity index (χ2n) is 7.67. The molecule has 0 heterocycles. The van der Waals surface area contributed by atoms with Crippen molar-refractivity contribution in [3.8, 4) is 0 Å². The normalized spacial score (nSPS) is 22.4. The highest BCUT2D eigenvalue weighted by molar-refractivity contribution is 6.30. The van der Waals surface area contributed by atoms with E-state index in [1.807, 2.05) is 24.3 Å². The molecule has 0 aromatic heterocycles. The molecular formula is C23H29ClN2O. The first-order valence-corrected chi connectivity index (χ1v) is 10.2. The maximum atomic E-state index is 12.3. The predicted octanol–water partition coefficient (Wildman–Crippen LogP) is 4.57. The molecule has 0 bridgehead atoms. The summed E-state index contributed by atoms with van der Waals surface area (Å²) >= 11 is 6.21. The second kappa shape index (κ2) is 8.90. The summed E-state index contributed by atoms with van der Waals surface area (Å²) in [6, 6.07) is 18.8. The number of nitrogens with zero attached hydrogens (tertiary/aromatic N) is 1. The van der Waals surface area contributed by atoms with Crippen LogP contribution in [0.5, 0.6) is 0 Å². The van der Waals surface area contributed by atoms with Gasteiger partial charge in [-0.05, 0) is 55.4 Å². The van der Waals surface area contributed by atoms with E-state index in [4.69, 9.17) is 17.3 Å². The largest absolute Gasteiger partial charge is 0.340 e. The van der Waals surface area contributed by atoms with Crippen LogP contribution in [0.1, 0.15) is 43.7 Å². The number of benzene rings is 2. The van der Waals surface area contributed by atoms with Gasteiger partial charge in [0.2, 0.25) is 5.91 Å². The lowest BCUT2D eigenvalue weighted by atomic mass is 9.68. The predicted molar refractivity (Wildman–Crippen MR) is 112 cm³/mol. The lowest BCUT2D eigenvalue weighted by Crippen LogP contribution is -2.47. The summed E-state index contributed by atoms with van der Waals surface area (Å²) in [4.78, 5) is 14.4. The first-order chi connectivity index (χ1) is 13.0. The van der Waals surface area contributed by atoms with Crippen molar-refractivity contribution >= 4 is 17.5 Å². The van der Waals surface area contributed by atoms with E-state index in [1.54, 1.807) is 6.92 Å². The van der Waals surface area contributed by atoms with Gasteiger partial charge in [0.05, 0.1) is 0 Å². The molecule has 1 fully saturated rings. The molecule has 0 saturated heterocycles. The standard InChI is InChI=1S/C23H29ClN2O/c1-18(27)26(15-12-19-6-3-2-4-7-19)22-10-13-23(17-25,14-11-22)20-8-5-9-21(24)16-20/h2-9,16,22H,10-15,17,25H2,1H3. The first kappa shape index (κ1) is 19.9. The van der Waals surface area contributed by atoms with E-state index in [0.717, 1.165) is 43.7 Å². The maximum Gasteiger partial charge on any atom is 0.219 e. The van der Waals surface area contributed by atoms with Crippen LogP contribution in [-0.4, -0.2) is 29.9 Å². The monoisotopic (exact) mass is 384 g/mol. The molecule has 0 atom stereocenters. The summed E-state index contributed by atoms with van der Waals surface area (Å²) < 4.78 is 0. The Hall–Kier alpha value is -1.84. The number of hydrogen-bond donors (Lipinski definition) is 1. The van der Waals surface area contributed by atoms with Gasteiger partial charge in [-0.1, -0.05) is 54.1 Å². The number of carbonyl (C=O) groups excluding carboxylic acids is 1. The second-order valence-corrected chi connectivity index (χ2v) is 8.11. The molecule has 1 aliphatic carbocycles. The number of amides is 1. The Morgan fingerprint density at radius 3 is 2.44 bits per heavy atom. The van der Waals surface area contributed by atoms with Crippen LogP contribution < -0.4 is 5.73 Å². The average Bonchev–Trinajstić information content (AvgIpc) is 2.69. The summed E-state index contributed by atoms with van der Waals surface area (Å²) in [5.74, 6) is 0.166. The fourth-order valence-corrected chi connectivity index (χ4v) is 4.58. The van der Waals surface area contributed by atoms with Crippen LogP contribution in [0.25, 0.3) is 0 Å². The Morgan fingerprint density at radius 1 is 1.15 bits per heavy atom. The lowest BCUT2D eigenvalue weighted by Gasteiger charge is -2.43. The highest BCUT2D eigenvalue weighted by Gasteiger charge is 2.38. The van der Waals surface area contributed by atoms with Gasteiger partial charge in [0, 0.05) is 36.5 Å². The van der Waals surface area contributed by atoms with Crippen LogP contribution >= 0.6 is 11.6 Å². The van der Waals surface area contributed by atoms with Gasteiger partial charge >= 0.3 is 0 Å². The molecule has 2 aromatic rings. The number of nitrogens with two attached hydrogens (primary N) is 1. The van der Waals surface area contributed by atoms with E-state index < -0.39 is 0 Å². The summed E-state index contributed by atoms with van der Waals surface area (Å²) in [6.45, 7) is 3.08. The summed E-state index contributed by atoms with van der Waals surface area (Å²) in [5, 5.41) is 0.760. The zero-order chi connectivity index (χ0) is 19.3. The number of carbonyl (C=O) groups is 1. The summed E-state index contributed by atoms with van der Waals surface area (Å²) in [5.41, 5.74) is 8.69. The van der Waals surface area contributed by atoms with Gasteiger partial charge in [0.15, 0.2) is 0 Å². The Balaban J connectivity index is 1.67. The highest BCUT2D eigenvalue weighted by atomic mass is 35.5. The van der Waals surface area contributed by atoms with Crippen molar-refractivity contribution in [1.82, 2.24) is 4.90 Å². The third-order valence-electron chi connectivity index (χ3n) is 6.07. The van der Waals surface area contributed by atoms with E-state index >= 15 is 0 Å². The van der Waals surface area contributed by atoms with E-state index in [-0.39, 0.29) is 11.3 Å². The molecule has 1 saturated carbocycles. The van der Waals surface area contributed by atoms with E-state index in [1.165, 1.54) is 11.1 Å². The minimum absolute atomic E-state index is 0.0245. The molecule has 0 radical (unpaired) electrons. The van der Waals surface area contributed by atoms with Crippen LogP contribution in [0.15, 0.2) is 54.6 Å². The third kappa shape index (κ3) is 4.72. The van der Waals surface area contributed by atoms with E-state index in [2.05, 4.69) is 35.2 Å². The molecule has 1 amide bonds. The van der Waals surface area contributed by atoms with Gasteiger partial charge in [-0.25, -0.2) is 0 Å². The van der Waals surface area contributed by atoms with E-state index in [9.17, 15) is 4.79 Å². The summed E-state index contributed by atoms with van der Waals surface area (Å²) in [6.07, 6.45) is 4.84. The Labute approximate surface area is 167 Å². The summed E-state index contributed by atoms with van der Waals surface area (Å²) in [7, 11) is 0. The van der Waals surface area contributed by atoms with Crippen LogP contribution in [0.3, 0.4) is 0 Å². The van der Waals surface area contributed by atoms with Crippen molar-refractivity contribution in [3.05, 3.63) is 70.7 Å². The first-order valence-electron chi connectivity index (χ1n) is 9.81. The Kier molecular flexibility index (Phi) is 6.56. The molecule has 1 aliphatic rings. The van der Waals surface area contributed by atoms with Crippen LogP contribution in [0, 0.1) is 0 Å². The fourth-order valence-electron chi connectivity index (χ4n) is 4.39. The van der Waals surface area contributed by atoms with Gasteiger partial charge in [0.25, 0.3) is 0 Å². The van der Waals surface area contributed by atoms with Crippen molar-refractivity contribution in [2.24, 2.45) is 5.73 Å². The molecule has 3 nitrogen and oxygen atoms in total. The number of hydrogen-bond acceptors (Lipinski definition) is 2. The molecule has 0 unspecified atom stereocenters. The average molecular weight is 385 g/mol. The molecule has 27 heavy (non-hydrogen) atoms. The van der Waals surface area contributed by atoms with Crippen LogP contribution in [0.2, 0.25) is 5.02 Å². The minimum Gasteiger partial charge on any atom is -0.340 e. The van der Waals surface area contributed by atoms with Crippen molar-refractivity contribution < 1.29 is 4.79 Å². The van der Waals surface area contributed by atoms with Crippen LogP contribution in [0.4, 0.5) is 0 Å². The zero-order valence-electron chi connectivity index (χ0n) is 16.0. The topological polar surface area (TPSA) is 46.3 Å². The molecule has 4 heteroatoms. The van der Waals surface area contributed by atoms with Crippen molar-refractivity contribution in [3.63, 3.8) is 0 Å². The molecule has 144 valence electrons. The quantitative estimate of drug-likeness (QED) is 0.792. The Bertz CT molecular complexity index is 754. The maximum absolute atomic E-state index is 12.3. The molecule has 2 N–H and O–H groups in total. The van der Waals surface area contributed by atoms with Crippen molar-refractivity contribution in [2.45, 2.75) is 50.5 Å². The smallest absolute Gasteiger partial charge is 0.219 e. The van der Waals surface area contributed by atoms with Gasteiger partial charge in [-0.2, -0.15) is 0 Å². The number of halogens is 1. The van der Waals surface area contributed by atoms with Crippen LogP contribution in [-0.2, 0) is 16.6 Å². The SMILES string of the molecule is CC(=O)N(CCc1ccccc1)C1CCC(CN)(c2cccc(Cl)c2)CC1. The Morgan fingerprint density at radius 2 is 1.85 bits per heavy atom. The van der Waals surface area contributed by atoms with E-state index in [0.29, 0.717) is 12.6 Å². The molecule has 2 aromatic carbocycles. The highest BCUT2D eigenvalue weighted by Crippen LogP contribution is 2.40. The minimum atomic E-state index is -0.0245. The number of rotatable bonds is 6. The fraction of sp³-hybridized carbons (Fsp3) is 0.435. The lowest BCUT2D eigenvalue weighted by molar-refractivity contribution is -0.132. The van der Waals surface area contributed by atoms with Gasteiger partial charge < -0.3 is 10.6 Å². The van der Waals surface area contributed by atoms with Crippen molar-refractivity contribution in [2.75, 3.05) is 13.1 Å². The van der Waals surface area contributed by atoms with Gasteiger partial charge in [-0.15, -0.1) is 0 Å². The molecule has 3 rings (SSSR count).